The Morgan fingerprint density at radius 3 is 2.45 bits per heavy atom. The van der Waals surface area contributed by atoms with E-state index in [9.17, 15) is 0 Å². The summed E-state index contributed by atoms with van der Waals surface area (Å²) >= 11 is 1.90. The molecule has 134 valence electrons. The Morgan fingerprint density at radius 2 is 1.91 bits per heavy atom. The van der Waals surface area contributed by atoms with Crippen LogP contribution in [0.25, 0.3) is 0 Å². The van der Waals surface area contributed by atoms with E-state index in [1.54, 1.807) is 0 Å². The van der Waals surface area contributed by atoms with Crippen LogP contribution in [0.4, 0.5) is 0 Å². The first kappa shape index (κ1) is 24.6. The third-order valence-electron chi connectivity index (χ3n) is 3.22. The van der Waals surface area contributed by atoms with Crippen LogP contribution in [0.15, 0.2) is 4.99 Å². The van der Waals surface area contributed by atoms with Crippen molar-refractivity contribution in [3.8, 4) is 0 Å². The molecule has 0 aromatic heterocycles. The van der Waals surface area contributed by atoms with Crippen molar-refractivity contribution in [3.63, 3.8) is 0 Å². The van der Waals surface area contributed by atoms with Gasteiger partial charge in [-0.25, -0.2) is 0 Å². The molecule has 1 atom stereocenters. The van der Waals surface area contributed by atoms with E-state index in [0.29, 0.717) is 12.0 Å². The van der Waals surface area contributed by atoms with Crippen LogP contribution in [0.5, 0.6) is 0 Å². The van der Waals surface area contributed by atoms with Gasteiger partial charge in [0.2, 0.25) is 0 Å². The number of rotatable bonds is 12. The molecule has 0 heterocycles. The Kier molecular flexibility index (Phi) is 19.7. The molecule has 0 aromatic rings. The van der Waals surface area contributed by atoms with Gasteiger partial charge in [0.05, 0.1) is 6.10 Å². The van der Waals surface area contributed by atoms with Gasteiger partial charge in [0.15, 0.2) is 5.96 Å². The van der Waals surface area contributed by atoms with Crippen molar-refractivity contribution in [2.75, 3.05) is 38.2 Å². The molecule has 4 nitrogen and oxygen atoms in total. The van der Waals surface area contributed by atoms with Crippen LogP contribution < -0.4 is 10.6 Å². The fourth-order valence-corrected chi connectivity index (χ4v) is 2.54. The largest absolute Gasteiger partial charge is 0.378 e. The second-order valence-corrected chi connectivity index (χ2v) is 6.40. The third kappa shape index (κ3) is 13.9. The zero-order valence-corrected chi connectivity index (χ0v) is 18.1. The van der Waals surface area contributed by atoms with Crippen molar-refractivity contribution in [2.45, 2.75) is 53.1 Å². The predicted molar refractivity (Wildman–Crippen MR) is 112 cm³/mol. The lowest BCUT2D eigenvalue weighted by Crippen LogP contribution is -2.39. The standard InChI is InChI=1S/C16H35N3OS.HI/c1-6-17-16(18-11-8-9-13-21-5)19-12-10-15(14(3)4)20-7-2;/h14-15H,6-13H2,1-5H3,(H2,17,18,19);1H. The number of ether oxygens (including phenoxy) is 1. The molecule has 2 N–H and O–H groups in total. The van der Waals surface area contributed by atoms with E-state index in [1.165, 1.54) is 12.2 Å². The summed E-state index contributed by atoms with van der Waals surface area (Å²) in [5, 5.41) is 6.71. The SMILES string of the molecule is CCNC(=NCCCCSC)NCCC(OCC)C(C)C.I. The summed E-state index contributed by atoms with van der Waals surface area (Å²) in [6.07, 6.45) is 5.89. The summed E-state index contributed by atoms with van der Waals surface area (Å²) in [6, 6.07) is 0. The smallest absolute Gasteiger partial charge is 0.191 e. The van der Waals surface area contributed by atoms with E-state index >= 15 is 0 Å². The summed E-state index contributed by atoms with van der Waals surface area (Å²) < 4.78 is 5.77. The Bertz CT molecular complexity index is 266. The van der Waals surface area contributed by atoms with Crippen molar-refractivity contribution in [3.05, 3.63) is 0 Å². The summed E-state index contributed by atoms with van der Waals surface area (Å²) in [5.41, 5.74) is 0. The molecule has 0 radical (unpaired) electrons. The molecular formula is C16H36IN3OS. The zero-order valence-electron chi connectivity index (χ0n) is 15.0. The Labute approximate surface area is 159 Å². The molecule has 0 aliphatic rings. The quantitative estimate of drug-likeness (QED) is 0.208. The molecule has 0 aromatic carbocycles. The van der Waals surface area contributed by atoms with Crippen LogP contribution in [0.2, 0.25) is 0 Å². The number of unbranched alkanes of at least 4 members (excludes halogenated alkanes) is 1. The molecule has 22 heavy (non-hydrogen) atoms. The first-order valence-corrected chi connectivity index (χ1v) is 9.67. The van der Waals surface area contributed by atoms with Crippen molar-refractivity contribution in [1.82, 2.24) is 10.6 Å². The molecule has 0 aliphatic carbocycles. The van der Waals surface area contributed by atoms with Gasteiger partial charge in [0, 0.05) is 26.2 Å². The topological polar surface area (TPSA) is 45.7 Å². The Hall–Kier alpha value is 0.310. The third-order valence-corrected chi connectivity index (χ3v) is 3.91. The molecule has 0 rings (SSSR count). The Morgan fingerprint density at radius 1 is 1.18 bits per heavy atom. The Balaban J connectivity index is 0. The number of hydrogen-bond acceptors (Lipinski definition) is 3. The van der Waals surface area contributed by atoms with Crippen LogP contribution in [0, 0.1) is 5.92 Å². The van der Waals surface area contributed by atoms with Gasteiger partial charge in [0.1, 0.15) is 0 Å². The average molecular weight is 445 g/mol. The number of halogens is 1. The van der Waals surface area contributed by atoms with Crippen LogP contribution in [0.3, 0.4) is 0 Å². The lowest BCUT2D eigenvalue weighted by atomic mass is 10.0. The zero-order chi connectivity index (χ0) is 15.9. The molecule has 0 fully saturated rings. The van der Waals surface area contributed by atoms with Gasteiger partial charge in [-0.1, -0.05) is 13.8 Å². The van der Waals surface area contributed by atoms with Crippen LogP contribution in [-0.4, -0.2) is 50.3 Å². The molecule has 0 amide bonds. The maximum atomic E-state index is 5.77. The van der Waals surface area contributed by atoms with Gasteiger partial charge < -0.3 is 15.4 Å². The molecule has 0 saturated heterocycles. The lowest BCUT2D eigenvalue weighted by molar-refractivity contribution is 0.0258. The van der Waals surface area contributed by atoms with Crippen molar-refractivity contribution in [1.29, 1.82) is 0 Å². The number of aliphatic imine (C=N–C) groups is 1. The number of thioether (sulfide) groups is 1. The summed E-state index contributed by atoms with van der Waals surface area (Å²) in [5.74, 6) is 2.71. The van der Waals surface area contributed by atoms with Gasteiger partial charge in [-0.05, 0) is 51.0 Å². The normalized spacial score (nSPS) is 12.9. The second kappa shape index (κ2) is 17.7. The highest BCUT2D eigenvalue weighted by molar-refractivity contribution is 14.0. The van der Waals surface area contributed by atoms with Crippen molar-refractivity contribution >= 4 is 41.7 Å². The van der Waals surface area contributed by atoms with E-state index in [-0.39, 0.29) is 24.0 Å². The molecule has 1 unspecified atom stereocenters. The highest BCUT2D eigenvalue weighted by Crippen LogP contribution is 2.09. The monoisotopic (exact) mass is 445 g/mol. The second-order valence-electron chi connectivity index (χ2n) is 5.41. The van der Waals surface area contributed by atoms with Gasteiger partial charge in [-0.3, -0.25) is 4.99 Å². The van der Waals surface area contributed by atoms with Crippen LogP contribution in [0.1, 0.15) is 47.0 Å². The van der Waals surface area contributed by atoms with Gasteiger partial charge in [0.25, 0.3) is 0 Å². The molecule has 0 saturated carbocycles. The lowest BCUT2D eigenvalue weighted by Gasteiger charge is -2.21. The molecule has 6 heteroatoms. The fourth-order valence-electron chi connectivity index (χ4n) is 2.05. The van der Waals surface area contributed by atoms with Crippen LogP contribution >= 0.6 is 35.7 Å². The maximum absolute atomic E-state index is 5.77. The van der Waals surface area contributed by atoms with Crippen molar-refractivity contribution < 1.29 is 4.74 Å². The maximum Gasteiger partial charge on any atom is 0.191 e. The highest BCUT2D eigenvalue weighted by Gasteiger charge is 2.12. The average Bonchev–Trinajstić information content (AvgIpc) is 2.45. The minimum Gasteiger partial charge on any atom is -0.378 e. The number of guanidine groups is 1. The predicted octanol–water partition coefficient (Wildman–Crippen LogP) is 3.75. The van der Waals surface area contributed by atoms with Gasteiger partial charge in [-0.2, -0.15) is 11.8 Å². The van der Waals surface area contributed by atoms with Gasteiger partial charge >= 0.3 is 0 Å². The van der Waals surface area contributed by atoms with Crippen LogP contribution in [-0.2, 0) is 4.74 Å². The fraction of sp³-hybridized carbons (Fsp3) is 0.938. The first-order valence-electron chi connectivity index (χ1n) is 8.28. The van der Waals surface area contributed by atoms with E-state index < -0.39 is 0 Å². The minimum atomic E-state index is 0. The van der Waals surface area contributed by atoms with E-state index in [0.717, 1.165) is 45.0 Å². The van der Waals surface area contributed by atoms with E-state index in [1.807, 2.05) is 11.8 Å². The number of nitrogens with one attached hydrogen (secondary N) is 2. The minimum absolute atomic E-state index is 0. The summed E-state index contributed by atoms with van der Waals surface area (Å²) in [6.45, 7) is 12.1. The molecule has 0 aliphatic heterocycles. The number of nitrogens with zero attached hydrogens (tertiary/aromatic N) is 1. The van der Waals surface area contributed by atoms with Gasteiger partial charge in [-0.15, -0.1) is 24.0 Å². The van der Waals surface area contributed by atoms with Crippen molar-refractivity contribution in [2.24, 2.45) is 10.9 Å². The molecule has 0 spiro atoms. The molecular weight excluding hydrogens is 409 g/mol. The highest BCUT2D eigenvalue weighted by atomic mass is 127. The number of hydrogen-bond donors (Lipinski definition) is 2. The summed E-state index contributed by atoms with van der Waals surface area (Å²) in [4.78, 5) is 4.62. The first-order chi connectivity index (χ1) is 10.2. The summed E-state index contributed by atoms with van der Waals surface area (Å²) in [7, 11) is 0. The van der Waals surface area contributed by atoms with E-state index in [2.05, 4.69) is 49.6 Å². The molecule has 0 bridgehead atoms. The van der Waals surface area contributed by atoms with E-state index in [4.69, 9.17) is 4.74 Å².